The molecule has 46 heavy (non-hydrogen) atoms. The second-order valence-corrected chi connectivity index (χ2v) is 13.5. The van der Waals surface area contributed by atoms with Gasteiger partial charge in [0.25, 0.3) is 0 Å². The van der Waals surface area contributed by atoms with E-state index in [-0.39, 0.29) is 37.2 Å². The molecule has 0 spiro atoms. The van der Waals surface area contributed by atoms with Gasteiger partial charge in [0.2, 0.25) is 11.8 Å². The number of halogens is 1. The van der Waals surface area contributed by atoms with Gasteiger partial charge in [0.05, 0.1) is 13.0 Å². The van der Waals surface area contributed by atoms with Crippen LogP contribution in [0.2, 0.25) is 0 Å². The topological polar surface area (TPSA) is 129 Å². The van der Waals surface area contributed by atoms with Crippen molar-refractivity contribution in [1.29, 1.82) is 0 Å². The Bertz CT molecular complexity index is 1590. The minimum atomic E-state index is -0.816. The Kier molecular flexibility index (Phi) is 10.9. The average Bonchev–Trinajstić information content (AvgIpc) is 3.14. The molecule has 242 valence electrons. The van der Waals surface area contributed by atoms with E-state index in [1.54, 1.807) is 18.7 Å². The van der Waals surface area contributed by atoms with Crippen molar-refractivity contribution < 1.29 is 23.9 Å². The Balaban J connectivity index is 1.41. The molecular weight excluding hydrogens is 697 g/mol. The molecule has 0 aliphatic carbocycles. The zero-order chi connectivity index (χ0) is 32.7. The number of hydrogen-bond acceptors (Lipinski definition) is 6. The summed E-state index contributed by atoms with van der Waals surface area (Å²) < 4.78 is 6.63. The molecule has 10 nitrogen and oxygen atoms in total. The summed E-state index contributed by atoms with van der Waals surface area (Å²) in [6, 6.07) is 21.0. The molecule has 0 unspecified atom stereocenters. The highest BCUT2D eigenvalue weighted by Gasteiger charge is 2.32. The minimum absolute atomic E-state index is 0.0254. The van der Waals surface area contributed by atoms with Crippen LogP contribution in [0.5, 0.6) is 0 Å². The molecule has 6 rings (SSSR count). The normalized spacial score (nSPS) is 20.0. The van der Waals surface area contributed by atoms with Gasteiger partial charge in [0, 0.05) is 41.9 Å². The molecule has 4 N–H and O–H groups in total. The third-order valence-electron chi connectivity index (χ3n) is 8.09. The number of urea groups is 1. The van der Waals surface area contributed by atoms with Crippen LogP contribution >= 0.6 is 22.6 Å². The highest BCUT2D eigenvalue weighted by atomic mass is 127. The number of aryl methyl sites for hydroxylation is 1. The molecular formula is C35H40IN5O5. The minimum Gasteiger partial charge on any atom is -0.458 e. The lowest BCUT2D eigenvalue weighted by atomic mass is 9.98. The second kappa shape index (κ2) is 15.1. The predicted molar refractivity (Wildman–Crippen MR) is 185 cm³/mol. The molecule has 4 amide bonds. The van der Waals surface area contributed by atoms with Gasteiger partial charge >= 0.3 is 12.0 Å². The number of carbonyl (C=O) groups is 4. The van der Waals surface area contributed by atoms with E-state index < -0.39 is 17.6 Å². The highest BCUT2D eigenvalue weighted by molar-refractivity contribution is 14.1. The third kappa shape index (κ3) is 8.85. The molecule has 4 bridgehead atoms. The van der Waals surface area contributed by atoms with Gasteiger partial charge in [-0.3, -0.25) is 14.4 Å². The Morgan fingerprint density at radius 1 is 0.870 bits per heavy atom. The van der Waals surface area contributed by atoms with Crippen molar-refractivity contribution in [2.45, 2.75) is 64.3 Å². The molecule has 0 saturated heterocycles. The van der Waals surface area contributed by atoms with Gasteiger partial charge in [-0.05, 0) is 89.2 Å². The van der Waals surface area contributed by atoms with E-state index in [0.29, 0.717) is 39.0 Å². The SMILES string of the molecule is CC1(C)CNCCC(=O)N[C@@H]2CCc3ccc(I)cc3N(Cc3ccc(cc3)-c3ccccc3CNC(=O)NCCC(=O)O1)C2=O. The first kappa shape index (κ1) is 33.4. The van der Waals surface area contributed by atoms with Crippen LogP contribution in [-0.2, 0) is 38.6 Å². The number of anilines is 1. The van der Waals surface area contributed by atoms with Crippen molar-refractivity contribution in [1.82, 2.24) is 21.3 Å². The van der Waals surface area contributed by atoms with Crippen molar-refractivity contribution in [3.8, 4) is 11.1 Å². The number of benzene rings is 3. The third-order valence-corrected chi connectivity index (χ3v) is 8.76. The zero-order valence-corrected chi connectivity index (χ0v) is 28.3. The fraction of sp³-hybridized carbons (Fsp3) is 0.371. The second-order valence-electron chi connectivity index (χ2n) is 12.2. The smallest absolute Gasteiger partial charge is 0.315 e. The summed E-state index contributed by atoms with van der Waals surface area (Å²) in [5.41, 5.74) is 4.97. The summed E-state index contributed by atoms with van der Waals surface area (Å²) in [5.74, 6) is -0.797. The van der Waals surface area contributed by atoms with Gasteiger partial charge in [0.15, 0.2) is 0 Å². The number of carbonyl (C=O) groups excluding carboxylic acids is 4. The first-order valence-corrected chi connectivity index (χ1v) is 16.7. The van der Waals surface area contributed by atoms with Crippen LogP contribution < -0.4 is 26.2 Å². The Morgan fingerprint density at radius 3 is 2.46 bits per heavy atom. The van der Waals surface area contributed by atoms with Crippen LogP contribution in [0.25, 0.3) is 11.1 Å². The average molecular weight is 738 g/mol. The number of fused-ring (bicyclic) bond motifs is 17. The van der Waals surface area contributed by atoms with Crippen LogP contribution in [0.15, 0.2) is 66.7 Å². The van der Waals surface area contributed by atoms with Crippen LogP contribution in [-0.4, -0.2) is 55.1 Å². The quantitative estimate of drug-likeness (QED) is 0.200. The van der Waals surface area contributed by atoms with Crippen LogP contribution in [0, 0.1) is 3.57 Å². The number of nitrogens with zero attached hydrogens (tertiary/aromatic N) is 1. The monoisotopic (exact) mass is 737 g/mol. The van der Waals surface area contributed by atoms with E-state index >= 15 is 0 Å². The highest BCUT2D eigenvalue weighted by Crippen LogP contribution is 2.31. The number of hydrogen-bond donors (Lipinski definition) is 4. The van der Waals surface area contributed by atoms with E-state index in [4.69, 9.17) is 4.74 Å². The van der Waals surface area contributed by atoms with Gasteiger partial charge < -0.3 is 30.9 Å². The standard InChI is InChI=1S/C35H40IN5O5/c1-35(2)22-37-17-15-31(42)40-29-14-12-25-11-13-27(36)19-30(25)41(33(29)44)21-23-7-9-24(10-8-23)28-6-4-3-5-26(28)20-39-34(45)38-18-16-32(43)46-35/h3-11,13,19,29,37H,12,14-18,20-22H2,1-2H3,(H,40,42)(H2,38,39,45)/t29-/m1/s1. The lowest BCUT2D eigenvalue weighted by molar-refractivity contribution is -0.155. The molecule has 11 heteroatoms. The Hall–Kier alpha value is -3.97. The molecule has 0 radical (unpaired) electrons. The molecule has 0 aromatic heterocycles. The number of nitrogens with one attached hydrogen (secondary N) is 4. The van der Waals surface area contributed by atoms with Crippen LogP contribution in [0.4, 0.5) is 10.5 Å². The van der Waals surface area contributed by atoms with Gasteiger partial charge in [-0.2, -0.15) is 0 Å². The summed E-state index contributed by atoms with van der Waals surface area (Å²) in [6.07, 6.45) is 1.36. The Labute approximate surface area is 283 Å². The molecule has 0 saturated carbocycles. The summed E-state index contributed by atoms with van der Waals surface area (Å²) in [6.45, 7) is 5.06. The maximum Gasteiger partial charge on any atom is 0.315 e. The largest absolute Gasteiger partial charge is 0.458 e. The van der Waals surface area contributed by atoms with E-state index in [0.717, 1.165) is 37.1 Å². The molecule has 3 aromatic rings. The fourth-order valence-electron chi connectivity index (χ4n) is 5.72. The summed E-state index contributed by atoms with van der Waals surface area (Å²) in [7, 11) is 0. The maximum atomic E-state index is 14.0. The molecule has 0 fully saturated rings. The van der Waals surface area contributed by atoms with Gasteiger partial charge in [0.1, 0.15) is 11.6 Å². The first-order valence-electron chi connectivity index (χ1n) is 15.6. The number of rotatable bonds is 0. The van der Waals surface area contributed by atoms with Crippen LogP contribution in [0.3, 0.4) is 0 Å². The lowest BCUT2D eigenvalue weighted by Gasteiger charge is -2.27. The summed E-state index contributed by atoms with van der Waals surface area (Å²) in [4.78, 5) is 53.8. The fourth-order valence-corrected chi connectivity index (χ4v) is 6.20. The Morgan fingerprint density at radius 2 is 1.65 bits per heavy atom. The first-order chi connectivity index (χ1) is 22.1. The summed E-state index contributed by atoms with van der Waals surface area (Å²) >= 11 is 2.26. The van der Waals surface area contributed by atoms with E-state index in [1.807, 2.05) is 60.7 Å². The van der Waals surface area contributed by atoms with Crippen molar-refractivity contribution in [2.75, 3.05) is 24.5 Å². The van der Waals surface area contributed by atoms with E-state index in [9.17, 15) is 19.2 Å². The number of amides is 4. The molecule has 1 atom stereocenters. The van der Waals surface area contributed by atoms with Crippen molar-refractivity contribution in [2.24, 2.45) is 0 Å². The molecule has 3 aliphatic rings. The van der Waals surface area contributed by atoms with Crippen molar-refractivity contribution >= 4 is 52.1 Å². The molecule has 3 heterocycles. The molecule has 3 aromatic carbocycles. The van der Waals surface area contributed by atoms with E-state index in [2.05, 4.69) is 49.9 Å². The predicted octanol–water partition coefficient (Wildman–Crippen LogP) is 4.43. The van der Waals surface area contributed by atoms with Crippen molar-refractivity contribution in [3.63, 3.8) is 0 Å². The van der Waals surface area contributed by atoms with Gasteiger partial charge in [-0.1, -0.05) is 54.6 Å². The van der Waals surface area contributed by atoms with Gasteiger partial charge in [-0.25, -0.2) is 4.79 Å². The number of esters is 1. The van der Waals surface area contributed by atoms with Crippen molar-refractivity contribution in [3.05, 3.63) is 87.0 Å². The van der Waals surface area contributed by atoms with Gasteiger partial charge in [-0.15, -0.1) is 0 Å². The van der Waals surface area contributed by atoms with Crippen LogP contribution in [0.1, 0.15) is 49.8 Å². The number of ether oxygens (including phenoxy) is 1. The zero-order valence-electron chi connectivity index (χ0n) is 26.2. The van der Waals surface area contributed by atoms with E-state index in [1.165, 1.54) is 0 Å². The lowest BCUT2D eigenvalue weighted by Crippen LogP contribution is -2.48. The molecule has 3 aliphatic heterocycles. The summed E-state index contributed by atoms with van der Waals surface area (Å²) in [5, 5.41) is 11.8. The maximum absolute atomic E-state index is 14.0.